The molecule has 2 aliphatic rings. The molecule has 17 heavy (non-hydrogen) atoms. The van der Waals surface area contributed by atoms with Crippen molar-refractivity contribution in [3.8, 4) is 0 Å². The normalized spacial score (nSPS) is 23.6. The lowest BCUT2D eigenvalue weighted by Crippen LogP contribution is -2.21. The van der Waals surface area contributed by atoms with Crippen LogP contribution in [0.25, 0.3) is 5.57 Å². The Morgan fingerprint density at radius 1 is 1.29 bits per heavy atom. The van der Waals surface area contributed by atoms with Crippen molar-refractivity contribution in [1.82, 2.24) is 15.4 Å². The number of carbonyl (C=O) groups is 1. The van der Waals surface area contributed by atoms with Crippen molar-refractivity contribution in [2.75, 3.05) is 0 Å². The van der Waals surface area contributed by atoms with Crippen molar-refractivity contribution >= 4 is 11.4 Å². The van der Waals surface area contributed by atoms with Crippen molar-refractivity contribution in [3.05, 3.63) is 17.5 Å². The monoisotopic (exact) mass is 231 g/mol. The lowest BCUT2D eigenvalue weighted by Gasteiger charge is -2.28. The Balaban J connectivity index is 1.97. The zero-order valence-electron chi connectivity index (χ0n) is 10.3. The fraction of sp³-hybridized carbons (Fsp3) is 0.615. The molecule has 1 fully saturated rings. The molecule has 0 amide bonds. The van der Waals surface area contributed by atoms with E-state index in [1.54, 1.807) is 6.08 Å². The number of nitrogens with one attached hydrogen (secondary N) is 1. The van der Waals surface area contributed by atoms with Crippen LogP contribution < -0.4 is 0 Å². The van der Waals surface area contributed by atoms with Gasteiger partial charge in [0.05, 0.1) is 5.69 Å². The number of hydrogen-bond acceptors (Lipinski definition) is 3. The molecule has 3 rings (SSSR count). The molecule has 2 aliphatic carbocycles. The Labute approximate surface area is 100 Å². The van der Waals surface area contributed by atoms with Crippen LogP contribution in [0.5, 0.6) is 0 Å². The smallest absolute Gasteiger partial charge is 0.156 e. The highest BCUT2D eigenvalue weighted by molar-refractivity contribution is 5.98. The van der Waals surface area contributed by atoms with Crippen LogP contribution in [0.4, 0.5) is 0 Å². The van der Waals surface area contributed by atoms with Crippen LogP contribution in [0.2, 0.25) is 0 Å². The first-order valence-electron chi connectivity index (χ1n) is 6.20. The molecule has 0 unspecified atom stereocenters. The van der Waals surface area contributed by atoms with Gasteiger partial charge in [0.15, 0.2) is 5.78 Å². The molecular formula is C13H17N3O. The highest BCUT2D eigenvalue weighted by Gasteiger charge is 2.34. The average Bonchev–Trinajstić information content (AvgIpc) is 2.93. The fourth-order valence-electron chi connectivity index (χ4n) is 2.62. The van der Waals surface area contributed by atoms with Crippen molar-refractivity contribution in [3.63, 3.8) is 0 Å². The number of aromatic amines is 1. The van der Waals surface area contributed by atoms with Crippen molar-refractivity contribution in [2.24, 2.45) is 5.41 Å². The summed E-state index contributed by atoms with van der Waals surface area (Å²) in [5.41, 5.74) is 3.08. The number of nitrogens with zero attached hydrogens (tertiary/aromatic N) is 2. The highest BCUT2D eigenvalue weighted by atomic mass is 16.1. The third-order valence-corrected chi connectivity index (χ3v) is 3.50. The number of carbonyl (C=O) groups excluding carboxylic acids is 1. The summed E-state index contributed by atoms with van der Waals surface area (Å²) in [5.74, 6) is 0.769. The molecule has 0 radical (unpaired) electrons. The molecule has 1 aromatic heterocycles. The molecule has 0 aromatic carbocycles. The Bertz CT molecular complexity index is 495. The number of allylic oxidation sites excluding steroid dienone is 2. The molecule has 1 saturated carbocycles. The summed E-state index contributed by atoms with van der Waals surface area (Å²) in [6, 6.07) is 0. The van der Waals surface area contributed by atoms with E-state index >= 15 is 0 Å². The Morgan fingerprint density at radius 2 is 2.06 bits per heavy atom. The summed E-state index contributed by atoms with van der Waals surface area (Å²) in [6.07, 6.45) is 5.70. The van der Waals surface area contributed by atoms with Gasteiger partial charge < -0.3 is 0 Å². The van der Waals surface area contributed by atoms with Crippen LogP contribution in [0.1, 0.15) is 56.8 Å². The molecule has 0 bridgehead atoms. The van der Waals surface area contributed by atoms with Crippen LogP contribution in [-0.4, -0.2) is 21.2 Å². The predicted octanol–water partition coefficient (Wildman–Crippen LogP) is 2.45. The SMILES string of the molecule is CC1(C)CC(=O)C=C(c2n[nH]nc2C2CC2)C1. The van der Waals surface area contributed by atoms with E-state index < -0.39 is 0 Å². The molecular weight excluding hydrogens is 214 g/mol. The lowest BCUT2D eigenvalue weighted by atomic mass is 9.76. The van der Waals surface area contributed by atoms with Crippen LogP contribution >= 0.6 is 0 Å². The molecule has 0 spiro atoms. The van der Waals surface area contributed by atoms with E-state index in [0.29, 0.717) is 12.3 Å². The van der Waals surface area contributed by atoms with Gasteiger partial charge in [0.25, 0.3) is 0 Å². The van der Waals surface area contributed by atoms with Gasteiger partial charge in [-0.05, 0) is 36.3 Å². The number of H-pyrrole nitrogens is 1. The van der Waals surface area contributed by atoms with Crippen LogP contribution in [-0.2, 0) is 4.79 Å². The molecule has 0 atom stereocenters. The van der Waals surface area contributed by atoms with E-state index in [2.05, 4.69) is 29.3 Å². The largest absolute Gasteiger partial charge is 0.295 e. The third-order valence-electron chi connectivity index (χ3n) is 3.50. The molecule has 1 aromatic rings. The number of rotatable bonds is 2. The van der Waals surface area contributed by atoms with E-state index in [4.69, 9.17) is 0 Å². The Hall–Kier alpha value is -1.45. The molecule has 0 aliphatic heterocycles. The summed E-state index contributed by atoms with van der Waals surface area (Å²) >= 11 is 0. The number of ketones is 1. The van der Waals surface area contributed by atoms with Crippen LogP contribution in [0, 0.1) is 5.41 Å². The summed E-state index contributed by atoms with van der Waals surface area (Å²) < 4.78 is 0. The molecule has 1 N–H and O–H groups in total. The van der Waals surface area contributed by atoms with Crippen molar-refractivity contribution < 1.29 is 4.79 Å². The quantitative estimate of drug-likeness (QED) is 0.850. The summed E-state index contributed by atoms with van der Waals surface area (Å²) in [7, 11) is 0. The minimum absolute atomic E-state index is 0.0426. The summed E-state index contributed by atoms with van der Waals surface area (Å²) in [4.78, 5) is 11.7. The van der Waals surface area contributed by atoms with Crippen molar-refractivity contribution in [1.29, 1.82) is 0 Å². The number of hydrogen-bond donors (Lipinski definition) is 1. The van der Waals surface area contributed by atoms with Crippen LogP contribution in [0.3, 0.4) is 0 Å². The van der Waals surface area contributed by atoms with E-state index in [1.165, 1.54) is 12.8 Å². The van der Waals surface area contributed by atoms with Crippen molar-refractivity contribution in [2.45, 2.75) is 45.4 Å². The second kappa shape index (κ2) is 3.52. The van der Waals surface area contributed by atoms with E-state index in [-0.39, 0.29) is 11.2 Å². The maximum absolute atomic E-state index is 11.7. The van der Waals surface area contributed by atoms with Gasteiger partial charge in [0, 0.05) is 12.3 Å². The Kier molecular flexibility index (Phi) is 2.21. The standard InChI is InChI=1S/C13H17N3O/c1-13(2)6-9(5-10(17)7-13)12-11(8-3-4-8)14-16-15-12/h5,8H,3-4,6-7H2,1-2H3,(H,14,15,16). The van der Waals surface area contributed by atoms with Gasteiger partial charge in [-0.1, -0.05) is 13.8 Å². The topological polar surface area (TPSA) is 58.6 Å². The van der Waals surface area contributed by atoms with Gasteiger partial charge >= 0.3 is 0 Å². The van der Waals surface area contributed by atoms with Gasteiger partial charge in [0.2, 0.25) is 0 Å². The fourth-order valence-corrected chi connectivity index (χ4v) is 2.62. The van der Waals surface area contributed by atoms with Gasteiger partial charge in [0.1, 0.15) is 5.69 Å². The van der Waals surface area contributed by atoms with Gasteiger partial charge in [-0.3, -0.25) is 4.79 Å². The van der Waals surface area contributed by atoms with E-state index in [9.17, 15) is 4.79 Å². The molecule has 1 heterocycles. The van der Waals surface area contributed by atoms with Gasteiger partial charge in [-0.25, -0.2) is 0 Å². The van der Waals surface area contributed by atoms with Gasteiger partial charge in [-0.15, -0.1) is 0 Å². The first kappa shape index (κ1) is 10.7. The zero-order chi connectivity index (χ0) is 12.0. The zero-order valence-corrected chi connectivity index (χ0v) is 10.3. The first-order chi connectivity index (χ1) is 8.05. The number of aromatic nitrogens is 3. The Morgan fingerprint density at radius 3 is 2.71 bits per heavy atom. The average molecular weight is 231 g/mol. The lowest BCUT2D eigenvalue weighted by molar-refractivity contribution is -0.116. The van der Waals surface area contributed by atoms with Gasteiger partial charge in [-0.2, -0.15) is 15.4 Å². The minimum Gasteiger partial charge on any atom is -0.295 e. The highest BCUT2D eigenvalue weighted by Crippen LogP contribution is 2.44. The van der Waals surface area contributed by atoms with E-state index in [1.807, 2.05) is 0 Å². The molecule has 90 valence electrons. The second-order valence-corrected chi connectivity index (χ2v) is 5.99. The summed E-state index contributed by atoms with van der Waals surface area (Å²) in [6.45, 7) is 4.27. The molecule has 4 nitrogen and oxygen atoms in total. The third kappa shape index (κ3) is 2.04. The first-order valence-corrected chi connectivity index (χ1v) is 6.20. The summed E-state index contributed by atoms with van der Waals surface area (Å²) in [5, 5.41) is 11.2. The molecule has 4 heteroatoms. The van der Waals surface area contributed by atoms with Crippen LogP contribution in [0.15, 0.2) is 6.08 Å². The minimum atomic E-state index is 0.0426. The maximum atomic E-state index is 11.7. The second-order valence-electron chi connectivity index (χ2n) is 5.99. The molecule has 0 saturated heterocycles. The maximum Gasteiger partial charge on any atom is 0.156 e. The predicted molar refractivity (Wildman–Crippen MR) is 64.4 cm³/mol. The van der Waals surface area contributed by atoms with E-state index in [0.717, 1.165) is 23.4 Å².